The molecule has 1 amide bonds. The average Bonchev–Trinajstić information content (AvgIpc) is 2.36. The molecule has 0 aliphatic heterocycles. The second-order valence-corrected chi connectivity index (χ2v) is 5.14. The van der Waals surface area contributed by atoms with Crippen molar-refractivity contribution in [3.05, 3.63) is 34.9 Å². The minimum Gasteiger partial charge on any atom is -0.354 e. The molecule has 1 aromatic rings. The van der Waals surface area contributed by atoms with Crippen molar-refractivity contribution in [2.24, 2.45) is 0 Å². The molecule has 4 nitrogen and oxygen atoms in total. The third kappa shape index (κ3) is 7.82. The first-order valence-corrected chi connectivity index (χ1v) is 6.82. The van der Waals surface area contributed by atoms with Gasteiger partial charge in [0.05, 0.1) is 6.54 Å². The predicted molar refractivity (Wildman–Crippen MR) is 79.6 cm³/mol. The Kier molecular flexibility index (Phi) is 7.48. The van der Waals surface area contributed by atoms with Crippen LogP contribution < -0.4 is 10.6 Å². The number of amides is 1. The summed E-state index contributed by atoms with van der Waals surface area (Å²) in [6, 6.07) is 7.76. The third-order valence-electron chi connectivity index (χ3n) is 2.67. The molecule has 0 aliphatic carbocycles. The van der Waals surface area contributed by atoms with Gasteiger partial charge in [0.25, 0.3) is 0 Å². The molecule has 0 saturated heterocycles. The van der Waals surface area contributed by atoms with Gasteiger partial charge in [-0.1, -0.05) is 23.7 Å². The van der Waals surface area contributed by atoms with Crippen LogP contribution >= 0.6 is 11.6 Å². The van der Waals surface area contributed by atoms with Crippen molar-refractivity contribution >= 4 is 17.5 Å². The number of nitrogens with one attached hydrogen (secondary N) is 2. The lowest BCUT2D eigenvalue weighted by molar-refractivity contribution is -0.120. The Hall–Kier alpha value is -1.10. The monoisotopic (exact) mass is 283 g/mol. The molecule has 0 spiro atoms. The maximum Gasteiger partial charge on any atom is 0.234 e. The van der Waals surface area contributed by atoms with Crippen LogP contribution in [0, 0.1) is 0 Å². The summed E-state index contributed by atoms with van der Waals surface area (Å²) in [7, 11) is 3.97. The topological polar surface area (TPSA) is 44.4 Å². The highest BCUT2D eigenvalue weighted by Gasteiger charge is 2.00. The van der Waals surface area contributed by atoms with E-state index in [0.717, 1.165) is 24.5 Å². The Morgan fingerprint density at radius 1 is 1.21 bits per heavy atom. The molecule has 2 N–H and O–H groups in total. The molecule has 19 heavy (non-hydrogen) atoms. The van der Waals surface area contributed by atoms with Gasteiger partial charge in [-0.15, -0.1) is 0 Å². The molecule has 106 valence electrons. The maximum atomic E-state index is 11.5. The van der Waals surface area contributed by atoms with Crippen molar-refractivity contribution in [1.29, 1.82) is 0 Å². The highest BCUT2D eigenvalue weighted by Crippen LogP contribution is 2.09. The van der Waals surface area contributed by atoms with E-state index in [1.807, 2.05) is 43.3 Å². The van der Waals surface area contributed by atoms with Crippen LogP contribution in [0.2, 0.25) is 5.02 Å². The van der Waals surface area contributed by atoms with Crippen LogP contribution in [0.25, 0.3) is 0 Å². The highest BCUT2D eigenvalue weighted by atomic mass is 35.5. The average molecular weight is 284 g/mol. The van der Waals surface area contributed by atoms with Gasteiger partial charge in [0.15, 0.2) is 0 Å². The number of carbonyl (C=O) groups is 1. The number of benzene rings is 1. The van der Waals surface area contributed by atoms with Crippen LogP contribution in [-0.4, -0.2) is 51.1 Å². The van der Waals surface area contributed by atoms with Crippen LogP contribution in [0.4, 0.5) is 0 Å². The molecule has 0 fully saturated rings. The van der Waals surface area contributed by atoms with E-state index < -0.39 is 0 Å². The van der Waals surface area contributed by atoms with Crippen LogP contribution in [0.5, 0.6) is 0 Å². The zero-order valence-corrected chi connectivity index (χ0v) is 12.3. The van der Waals surface area contributed by atoms with Gasteiger partial charge in [0.2, 0.25) is 5.91 Å². The molecule has 1 aromatic carbocycles. The number of likely N-dealkylation sites (N-methyl/N-ethyl adjacent to an activating group) is 1. The number of rotatable bonds is 8. The van der Waals surface area contributed by atoms with Crippen molar-refractivity contribution in [1.82, 2.24) is 15.5 Å². The largest absolute Gasteiger partial charge is 0.354 e. The summed E-state index contributed by atoms with van der Waals surface area (Å²) >= 11 is 5.81. The quantitative estimate of drug-likeness (QED) is 0.704. The molecule has 0 unspecified atom stereocenters. The fourth-order valence-corrected chi connectivity index (χ4v) is 1.69. The van der Waals surface area contributed by atoms with E-state index in [0.29, 0.717) is 13.1 Å². The van der Waals surface area contributed by atoms with Crippen molar-refractivity contribution in [3.63, 3.8) is 0 Å². The minimum atomic E-state index is 0.0398. The lowest BCUT2D eigenvalue weighted by Crippen LogP contribution is -2.37. The lowest BCUT2D eigenvalue weighted by atomic mass is 10.1. The van der Waals surface area contributed by atoms with Crippen molar-refractivity contribution in [2.75, 3.05) is 40.3 Å². The smallest absolute Gasteiger partial charge is 0.234 e. The van der Waals surface area contributed by atoms with E-state index in [1.165, 1.54) is 5.56 Å². The number of carbonyl (C=O) groups excluding carboxylic acids is 1. The number of nitrogens with zero attached hydrogens (tertiary/aromatic N) is 1. The van der Waals surface area contributed by atoms with E-state index in [9.17, 15) is 4.79 Å². The Morgan fingerprint density at radius 2 is 1.89 bits per heavy atom. The summed E-state index contributed by atoms with van der Waals surface area (Å²) in [5.74, 6) is 0.0398. The molecule has 0 heterocycles. The second-order valence-electron chi connectivity index (χ2n) is 4.71. The Bertz CT molecular complexity index is 379. The number of halogens is 1. The molecule has 1 rings (SSSR count). The van der Waals surface area contributed by atoms with E-state index in [4.69, 9.17) is 11.6 Å². The Morgan fingerprint density at radius 3 is 2.53 bits per heavy atom. The fraction of sp³-hybridized carbons (Fsp3) is 0.500. The first-order valence-electron chi connectivity index (χ1n) is 6.44. The van der Waals surface area contributed by atoms with E-state index >= 15 is 0 Å². The first-order chi connectivity index (χ1) is 9.08. The Balaban J connectivity index is 2.07. The van der Waals surface area contributed by atoms with Gasteiger partial charge in [-0.2, -0.15) is 0 Å². The molecule has 0 aliphatic rings. The van der Waals surface area contributed by atoms with Gasteiger partial charge in [-0.25, -0.2) is 0 Å². The van der Waals surface area contributed by atoms with Crippen LogP contribution in [0.3, 0.4) is 0 Å². The van der Waals surface area contributed by atoms with Gasteiger partial charge in [0, 0.05) is 18.1 Å². The second kappa shape index (κ2) is 8.91. The number of hydrogen-bond acceptors (Lipinski definition) is 3. The summed E-state index contributed by atoms with van der Waals surface area (Å²) in [4.78, 5) is 13.5. The van der Waals surface area contributed by atoms with Crippen molar-refractivity contribution in [3.8, 4) is 0 Å². The van der Waals surface area contributed by atoms with Crippen LogP contribution in [0.1, 0.15) is 5.56 Å². The van der Waals surface area contributed by atoms with Crippen molar-refractivity contribution < 1.29 is 4.79 Å². The first kappa shape index (κ1) is 16.0. The SMILES string of the molecule is CN(C)CCNC(=O)CNCCc1ccc(Cl)cc1. The zero-order chi connectivity index (χ0) is 14.1. The minimum absolute atomic E-state index is 0.0398. The molecular formula is C14H22ClN3O. The summed E-state index contributed by atoms with van der Waals surface area (Å²) < 4.78 is 0. The summed E-state index contributed by atoms with van der Waals surface area (Å²) in [5.41, 5.74) is 1.21. The van der Waals surface area contributed by atoms with Gasteiger partial charge in [-0.05, 0) is 44.8 Å². The van der Waals surface area contributed by atoms with Gasteiger partial charge in [0.1, 0.15) is 0 Å². The van der Waals surface area contributed by atoms with Crippen LogP contribution in [-0.2, 0) is 11.2 Å². The van der Waals surface area contributed by atoms with Gasteiger partial charge in [-0.3, -0.25) is 4.79 Å². The van der Waals surface area contributed by atoms with Crippen LogP contribution in [0.15, 0.2) is 24.3 Å². The maximum absolute atomic E-state index is 11.5. The fourth-order valence-electron chi connectivity index (χ4n) is 1.57. The molecule has 0 radical (unpaired) electrons. The summed E-state index contributed by atoms with van der Waals surface area (Å²) in [5, 5.41) is 6.73. The van der Waals surface area contributed by atoms with E-state index in [2.05, 4.69) is 10.6 Å². The molecule has 0 bridgehead atoms. The highest BCUT2D eigenvalue weighted by molar-refractivity contribution is 6.30. The lowest BCUT2D eigenvalue weighted by Gasteiger charge is -2.10. The number of hydrogen-bond donors (Lipinski definition) is 2. The molecular weight excluding hydrogens is 262 g/mol. The molecule has 0 saturated carbocycles. The molecule has 0 atom stereocenters. The van der Waals surface area contributed by atoms with E-state index in [-0.39, 0.29) is 5.91 Å². The third-order valence-corrected chi connectivity index (χ3v) is 2.92. The standard InChI is InChI=1S/C14H22ClN3O/c1-18(2)10-9-17-14(19)11-16-8-7-12-3-5-13(15)6-4-12/h3-6,16H,7-11H2,1-2H3,(H,17,19). The van der Waals surface area contributed by atoms with Gasteiger partial charge >= 0.3 is 0 Å². The van der Waals surface area contributed by atoms with Crippen molar-refractivity contribution in [2.45, 2.75) is 6.42 Å². The normalized spacial score (nSPS) is 10.7. The summed E-state index contributed by atoms with van der Waals surface area (Å²) in [6.45, 7) is 2.69. The van der Waals surface area contributed by atoms with E-state index in [1.54, 1.807) is 0 Å². The molecule has 0 aromatic heterocycles. The molecule has 5 heteroatoms. The van der Waals surface area contributed by atoms with Gasteiger partial charge < -0.3 is 15.5 Å². The zero-order valence-electron chi connectivity index (χ0n) is 11.6. The predicted octanol–water partition coefficient (Wildman–Crippen LogP) is 1.15. The Labute approximate surface area is 120 Å². The summed E-state index contributed by atoms with van der Waals surface area (Å²) in [6.07, 6.45) is 0.891.